The summed E-state index contributed by atoms with van der Waals surface area (Å²) in [5.41, 5.74) is -0.181. The van der Waals surface area contributed by atoms with Gasteiger partial charge in [-0.3, -0.25) is 0 Å². The molecule has 1 aliphatic carbocycles. The van der Waals surface area contributed by atoms with E-state index in [1.807, 2.05) is 20.8 Å². The Hall–Kier alpha value is -1.58. The summed E-state index contributed by atoms with van der Waals surface area (Å²) in [5.74, 6) is -0.451. The lowest BCUT2D eigenvalue weighted by Gasteiger charge is -2.42. The van der Waals surface area contributed by atoms with Crippen molar-refractivity contribution >= 4 is 11.9 Å². The fourth-order valence-corrected chi connectivity index (χ4v) is 2.75. The standard InChI is InChI=1S/C18H28O4/c1-12(2)15(19)21-17(5,6)14-8-10-18(7,11-9-14)22-16(20)13(3)4/h14H,1,3,8-11H2,2,4-7H3. The first-order valence-corrected chi connectivity index (χ1v) is 7.74. The van der Waals surface area contributed by atoms with Gasteiger partial charge in [0, 0.05) is 11.1 Å². The summed E-state index contributed by atoms with van der Waals surface area (Å²) in [6, 6.07) is 0. The van der Waals surface area contributed by atoms with Crippen molar-refractivity contribution in [2.45, 2.75) is 71.5 Å². The largest absolute Gasteiger partial charge is 0.456 e. The van der Waals surface area contributed by atoms with Gasteiger partial charge in [-0.1, -0.05) is 13.2 Å². The van der Waals surface area contributed by atoms with Gasteiger partial charge in [0.15, 0.2) is 0 Å². The lowest BCUT2D eigenvalue weighted by molar-refractivity contribution is -0.165. The SMILES string of the molecule is C=C(C)C(=O)OC1(C)CCC(C(C)(C)OC(=O)C(=C)C)CC1. The highest BCUT2D eigenvalue weighted by Gasteiger charge is 2.41. The summed E-state index contributed by atoms with van der Waals surface area (Å²) in [6.07, 6.45) is 3.20. The van der Waals surface area contributed by atoms with Crippen LogP contribution in [0, 0.1) is 5.92 Å². The van der Waals surface area contributed by atoms with E-state index in [1.165, 1.54) is 0 Å². The van der Waals surface area contributed by atoms with Crippen molar-refractivity contribution in [3.63, 3.8) is 0 Å². The van der Waals surface area contributed by atoms with E-state index in [0.29, 0.717) is 11.1 Å². The van der Waals surface area contributed by atoms with E-state index >= 15 is 0 Å². The smallest absolute Gasteiger partial charge is 0.333 e. The molecule has 22 heavy (non-hydrogen) atoms. The molecule has 1 rings (SSSR count). The second-order valence-electron chi connectivity index (χ2n) is 7.17. The van der Waals surface area contributed by atoms with E-state index in [9.17, 15) is 9.59 Å². The zero-order valence-corrected chi connectivity index (χ0v) is 14.5. The quantitative estimate of drug-likeness (QED) is 0.570. The molecular formula is C18H28O4. The molecule has 0 amide bonds. The topological polar surface area (TPSA) is 52.6 Å². The van der Waals surface area contributed by atoms with Crippen molar-refractivity contribution in [3.05, 3.63) is 24.3 Å². The van der Waals surface area contributed by atoms with Crippen LogP contribution in [0.5, 0.6) is 0 Å². The molecule has 0 aromatic heterocycles. The van der Waals surface area contributed by atoms with Crippen LogP contribution in [-0.2, 0) is 19.1 Å². The Bertz CT molecular complexity index is 479. The Kier molecular flexibility index (Phi) is 5.60. The van der Waals surface area contributed by atoms with Crippen LogP contribution < -0.4 is 0 Å². The summed E-state index contributed by atoms with van der Waals surface area (Å²) >= 11 is 0. The van der Waals surface area contributed by atoms with Crippen LogP contribution in [0.25, 0.3) is 0 Å². The van der Waals surface area contributed by atoms with Crippen LogP contribution >= 0.6 is 0 Å². The number of rotatable bonds is 5. The Morgan fingerprint density at radius 1 is 1.05 bits per heavy atom. The zero-order chi connectivity index (χ0) is 17.1. The molecule has 0 radical (unpaired) electrons. The van der Waals surface area contributed by atoms with Gasteiger partial charge >= 0.3 is 11.9 Å². The summed E-state index contributed by atoms with van der Waals surface area (Å²) in [7, 11) is 0. The summed E-state index contributed by atoms with van der Waals surface area (Å²) < 4.78 is 11.1. The summed E-state index contributed by atoms with van der Waals surface area (Å²) in [6.45, 7) is 16.3. The molecule has 0 unspecified atom stereocenters. The highest BCUT2D eigenvalue weighted by molar-refractivity contribution is 5.87. The van der Waals surface area contributed by atoms with Crippen LogP contribution in [0.2, 0.25) is 0 Å². The van der Waals surface area contributed by atoms with Gasteiger partial charge < -0.3 is 9.47 Å². The minimum absolute atomic E-state index is 0.243. The number of carbonyl (C=O) groups excluding carboxylic acids is 2. The number of esters is 2. The van der Waals surface area contributed by atoms with Crippen molar-refractivity contribution in [3.8, 4) is 0 Å². The zero-order valence-electron chi connectivity index (χ0n) is 14.5. The van der Waals surface area contributed by atoms with Crippen molar-refractivity contribution < 1.29 is 19.1 Å². The average molecular weight is 308 g/mol. The molecule has 1 fully saturated rings. The molecule has 0 bridgehead atoms. The number of ether oxygens (including phenoxy) is 2. The molecule has 0 aromatic rings. The molecule has 1 saturated carbocycles. The second-order valence-corrected chi connectivity index (χ2v) is 7.17. The molecule has 0 saturated heterocycles. The molecule has 0 N–H and O–H groups in total. The summed E-state index contributed by atoms with van der Waals surface area (Å²) in [5, 5.41) is 0. The first kappa shape index (κ1) is 18.5. The molecule has 0 heterocycles. The highest BCUT2D eigenvalue weighted by Crippen LogP contribution is 2.41. The highest BCUT2D eigenvalue weighted by atomic mass is 16.6. The summed E-state index contributed by atoms with van der Waals surface area (Å²) in [4.78, 5) is 23.5. The van der Waals surface area contributed by atoms with Gasteiger partial charge in [-0.15, -0.1) is 0 Å². The molecule has 0 atom stereocenters. The van der Waals surface area contributed by atoms with Gasteiger partial charge in [-0.25, -0.2) is 9.59 Å². The molecule has 1 aliphatic rings. The van der Waals surface area contributed by atoms with Gasteiger partial charge in [0.2, 0.25) is 0 Å². The molecule has 4 nitrogen and oxygen atoms in total. The van der Waals surface area contributed by atoms with Gasteiger partial charge in [0.25, 0.3) is 0 Å². The van der Waals surface area contributed by atoms with Crippen molar-refractivity contribution in [1.29, 1.82) is 0 Å². The second kappa shape index (κ2) is 6.67. The first-order valence-electron chi connectivity index (χ1n) is 7.74. The van der Waals surface area contributed by atoms with E-state index in [0.717, 1.165) is 25.7 Å². The fraction of sp³-hybridized carbons (Fsp3) is 0.667. The van der Waals surface area contributed by atoms with Crippen LogP contribution in [0.1, 0.15) is 60.3 Å². The fourth-order valence-electron chi connectivity index (χ4n) is 2.75. The van der Waals surface area contributed by atoms with Gasteiger partial charge in [0.1, 0.15) is 11.2 Å². The minimum Gasteiger partial charge on any atom is -0.456 e. The molecule has 0 spiro atoms. The number of hydrogen-bond donors (Lipinski definition) is 0. The Morgan fingerprint density at radius 3 is 1.91 bits per heavy atom. The van der Waals surface area contributed by atoms with E-state index < -0.39 is 11.2 Å². The lowest BCUT2D eigenvalue weighted by atomic mass is 9.73. The van der Waals surface area contributed by atoms with Crippen molar-refractivity contribution in [2.75, 3.05) is 0 Å². The van der Waals surface area contributed by atoms with Gasteiger partial charge in [-0.2, -0.15) is 0 Å². The third kappa shape index (κ3) is 4.72. The third-order valence-electron chi connectivity index (χ3n) is 4.42. The Labute approximate surface area is 133 Å². The molecular weight excluding hydrogens is 280 g/mol. The third-order valence-corrected chi connectivity index (χ3v) is 4.42. The molecule has 124 valence electrons. The van der Waals surface area contributed by atoms with Crippen LogP contribution in [-0.4, -0.2) is 23.1 Å². The average Bonchev–Trinajstić information content (AvgIpc) is 2.37. The molecule has 4 heteroatoms. The van der Waals surface area contributed by atoms with E-state index in [-0.39, 0.29) is 17.9 Å². The number of carbonyl (C=O) groups is 2. The predicted octanol–water partition coefficient (Wildman–Crippen LogP) is 3.95. The van der Waals surface area contributed by atoms with E-state index in [1.54, 1.807) is 13.8 Å². The Balaban J connectivity index is 2.64. The van der Waals surface area contributed by atoms with Crippen molar-refractivity contribution in [2.24, 2.45) is 5.92 Å². The Morgan fingerprint density at radius 2 is 1.50 bits per heavy atom. The van der Waals surface area contributed by atoms with Crippen LogP contribution in [0.4, 0.5) is 0 Å². The van der Waals surface area contributed by atoms with E-state index in [2.05, 4.69) is 13.2 Å². The maximum atomic E-state index is 11.7. The minimum atomic E-state index is -0.546. The van der Waals surface area contributed by atoms with Gasteiger partial charge in [-0.05, 0) is 66.2 Å². The monoisotopic (exact) mass is 308 g/mol. The van der Waals surface area contributed by atoms with Gasteiger partial charge in [0.05, 0.1) is 0 Å². The lowest BCUT2D eigenvalue weighted by Crippen LogP contribution is -2.44. The molecule has 0 aromatic carbocycles. The normalized spacial score (nSPS) is 25.2. The predicted molar refractivity (Wildman–Crippen MR) is 86.3 cm³/mol. The number of hydrogen-bond acceptors (Lipinski definition) is 4. The van der Waals surface area contributed by atoms with E-state index in [4.69, 9.17) is 9.47 Å². The maximum absolute atomic E-state index is 11.7. The van der Waals surface area contributed by atoms with Crippen molar-refractivity contribution in [1.82, 2.24) is 0 Å². The maximum Gasteiger partial charge on any atom is 0.333 e. The molecule has 0 aliphatic heterocycles. The first-order chi connectivity index (χ1) is 9.97. The van der Waals surface area contributed by atoms with Crippen LogP contribution in [0.3, 0.4) is 0 Å². The van der Waals surface area contributed by atoms with Crippen LogP contribution in [0.15, 0.2) is 24.3 Å².